The number of unbranched alkanes of at least 4 members (excludes halogenated alkanes) is 19. The lowest BCUT2D eigenvalue weighted by molar-refractivity contribution is -0.332. The number of ether oxygens (including phenoxy) is 6. The number of hydrogen-bond acceptors (Lipinski definition) is 15. The summed E-state index contributed by atoms with van der Waals surface area (Å²) in [6, 6.07) is 0. The molecule has 2 fully saturated rings. The summed E-state index contributed by atoms with van der Waals surface area (Å²) in [7, 11) is 0. The van der Waals surface area contributed by atoms with Crippen LogP contribution in [0.2, 0.25) is 0 Å². The minimum atomic E-state index is -1.78. The molecule has 2 aliphatic heterocycles. The predicted molar refractivity (Wildman–Crippen MR) is 280 cm³/mol. The van der Waals surface area contributed by atoms with Gasteiger partial charge in [-0.2, -0.15) is 0 Å². The molecule has 2 heterocycles. The van der Waals surface area contributed by atoms with E-state index in [1.54, 1.807) is 0 Å². The van der Waals surface area contributed by atoms with Crippen LogP contribution in [0.15, 0.2) is 60.8 Å². The van der Waals surface area contributed by atoms with E-state index in [2.05, 4.69) is 62.5 Å². The Morgan fingerprint density at radius 2 is 0.861 bits per heavy atom. The van der Waals surface area contributed by atoms with Crippen LogP contribution in [0, 0.1) is 0 Å². The quantitative estimate of drug-likeness (QED) is 0.0172. The van der Waals surface area contributed by atoms with E-state index in [1.807, 2.05) is 12.2 Å². The lowest BCUT2D eigenvalue weighted by atomic mass is 9.98. The van der Waals surface area contributed by atoms with E-state index in [1.165, 1.54) is 109 Å². The second-order valence-electron chi connectivity index (χ2n) is 19.4. The van der Waals surface area contributed by atoms with Crippen LogP contribution in [0.3, 0.4) is 0 Å². The SMILES string of the molecule is CCCCCCCCC/C=C/C/C=C/C/C=C/C/C=C/CCCC(=O)OC[C@@H](CO[C@@H]1O[C@H](CO[C@@H]2O[C@H](CO)[C@H](O)C(O)C2O)[C@H](O)C(O)C1O)OC(=O)CC/C=C/CCCCCCCCCCCCC. The molecule has 0 amide bonds. The number of rotatable bonds is 43. The highest BCUT2D eigenvalue weighted by Crippen LogP contribution is 2.26. The summed E-state index contributed by atoms with van der Waals surface area (Å²) in [6.07, 6.45) is 34.1. The number of aliphatic hydroxyl groups excluding tert-OH is 7. The average Bonchev–Trinajstić information content (AvgIpc) is 3.37. The largest absolute Gasteiger partial charge is 0.462 e. The number of carbonyl (C=O) groups is 2. The third-order valence-corrected chi connectivity index (χ3v) is 13.0. The molecule has 2 rings (SSSR count). The Labute approximate surface area is 432 Å². The van der Waals surface area contributed by atoms with Crippen molar-refractivity contribution < 1.29 is 73.8 Å². The minimum Gasteiger partial charge on any atom is -0.462 e. The first-order valence-corrected chi connectivity index (χ1v) is 27.9. The van der Waals surface area contributed by atoms with E-state index in [-0.39, 0.29) is 19.4 Å². The van der Waals surface area contributed by atoms with E-state index in [0.29, 0.717) is 19.3 Å². The molecule has 72 heavy (non-hydrogen) atoms. The minimum absolute atomic E-state index is 0.0687. The normalized spacial score (nSPS) is 25.5. The molecule has 0 aromatic rings. The van der Waals surface area contributed by atoms with Crippen molar-refractivity contribution >= 4 is 11.9 Å². The molecule has 0 spiro atoms. The highest BCUT2D eigenvalue weighted by Gasteiger charge is 2.47. The highest BCUT2D eigenvalue weighted by molar-refractivity contribution is 5.70. The molecule has 0 radical (unpaired) electrons. The molecule has 15 heteroatoms. The van der Waals surface area contributed by atoms with Gasteiger partial charge in [0.25, 0.3) is 0 Å². The molecule has 0 aliphatic carbocycles. The van der Waals surface area contributed by atoms with Crippen LogP contribution in [0.5, 0.6) is 0 Å². The van der Waals surface area contributed by atoms with E-state index >= 15 is 0 Å². The number of esters is 2. The van der Waals surface area contributed by atoms with Gasteiger partial charge in [0, 0.05) is 12.8 Å². The van der Waals surface area contributed by atoms with E-state index in [9.17, 15) is 45.3 Å². The highest BCUT2D eigenvalue weighted by atomic mass is 16.7. The Kier molecular flexibility index (Phi) is 39.4. The molecule has 2 aliphatic rings. The third-order valence-electron chi connectivity index (χ3n) is 13.0. The summed E-state index contributed by atoms with van der Waals surface area (Å²) in [5, 5.41) is 72.2. The number of aliphatic hydroxyl groups is 7. The summed E-state index contributed by atoms with van der Waals surface area (Å²) < 4.78 is 33.5. The van der Waals surface area contributed by atoms with Crippen molar-refractivity contribution in [2.24, 2.45) is 0 Å². The second-order valence-corrected chi connectivity index (χ2v) is 19.4. The molecular formula is C57H98O15. The molecule has 11 atom stereocenters. The monoisotopic (exact) mass is 1020 g/mol. The summed E-state index contributed by atoms with van der Waals surface area (Å²) in [6.45, 7) is 2.50. The van der Waals surface area contributed by atoms with Crippen molar-refractivity contribution in [2.75, 3.05) is 26.4 Å². The maximum atomic E-state index is 13.0. The van der Waals surface area contributed by atoms with Crippen LogP contribution in [-0.2, 0) is 38.0 Å². The van der Waals surface area contributed by atoms with Gasteiger partial charge in [0.2, 0.25) is 0 Å². The number of hydrogen-bond donors (Lipinski definition) is 7. The maximum Gasteiger partial charge on any atom is 0.306 e. The zero-order valence-electron chi connectivity index (χ0n) is 44.1. The van der Waals surface area contributed by atoms with Gasteiger partial charge in [-0.15, -0.1) is 0 Å². The summed E-state index contributed by atoms with van der Waals surface area (Å²) >= 11 is 0. The van der Waals surface area contributed by atoms with Crippen LogP contribution >= 0.6 is 0 Å². The van der Waals surface area contributed by atoms with Gasteiger partial charge in [-0.05, 0) is 64.2 Å². The molecule has 0 aromatic heterocycles. The standard InChI is InChI=1S/C57H98O15/c1-3-5-7-9-11-13-15-17-19-20-21-22-23-24-26-27-29-31-33-35-37-39-48(59)67-42-45(70-49(60)40-38-36-34-32-30-28-25-18-16-14-12-10-8-6-4-2)43-68-56-55(66)53(64)51(62)47(72-56)44-69-57-54(65)52(63)50(61)46(41-58)71-57/h19-20,22-23,26-27,31,33-34,36,45-47,50-58,61-66H,3-18,21,24-25,28-30,32,35,37-44H2,1-2H3/b20-19+,23-22+,27-26+,33-31+,36-34+/t45-,46+,47+,50-,51-,52?,53?,54?,55?,56+,57+/m0/s1. The first kappa shape index (κ1) is 65.3. The first-order valence-electron chi connectivity index (χ1n) is 27.9. The van der Waals surface area contributed by atoms with Crippen LogP contribution in [0.25, 0.3) is 0 Å². The summed E-state index contributed by atoms with van der Waals surface area (Å²) in [5.41, 5.74) is 0. The van der Waals surface area contributed by atoms with Crippen molar-refractivity contribution in [2.45, 2.75) is 261 Å². The fraction of sp³-hybridized carbons (Fsp3) is 0.789. The van der Waals surface area contributed by atoms with Gasteiger partial charge in [0.1, 0.15) is 55.4 Å². The molecule has 15 nitrogen and oxygen atoms in total. The van der Waals surface area contributed by atoms with Gasteiger partial charge in [0.05, 0.1) is 19.8 Å². The lowest BCUT2D eigenvalue weighted by Crippen LogP contribution is -2.61. The maximum absolute atomic E-state index is 13.0. The van der Waals surface area contributed by atoms with Crippen molar-refractivity contribution in [3.05, 3.63) is 60.8 Å². The van der Waals surface area contributed by atoms with Gasteiger partial charge in [0.15, 0.2) is 18.7 Å². The van der Waals surface area contributed by atoms with Gasteiger partial charge in [-0.25, -0.2) is 0 Å². The molecule has 2 saturated heterocycles. The molecule has 0 saturated carbocycles. The smallest absolute Gasteiger partial charge is 0.306 e. The molecule has 0 aromatic carbocycles. The molecule has 0 bridgehead atoms. The van der Waals surface area contributed by atoms with Crippen molar-refractivity contribution in [3.8, 4) is 0 Å². The van der Waals surface area contributed by atoms with Crippen molar-refractivity contribution in [3.63, 3.8) is 0 Å². The van der Waals surface area contributed by atoms with Gasteiger partial charge in [-0.3, -0.25) is 9.59 Å². The molecular weight excluding hydrogens is 925 g/mol. The van der Waals surface area contributed by atoms with E-state index in [0.717, 1.165) is 38.5 Å². The van der Waals surface area contributed by atoms with Crippen LogP contribution in [0.4, 0.5) is 0 Å². The zero-order valence-corrected chi connectivity index (χ0v) is 44.1. The fourth-order valence-corrected chi connectivity index (χ4v) is 8.40. The van der Waals surface area contributed by atoms with Crippen molar-refractivity contribution in [1.82, 2.24) is 0 Å². The van der Waals surface area contributed by atoms with Gasteiger partial charge >= 0.3 is 11.9 Å². The second kappa shape index (κ2) is 43.4. The van der Waals surface area contributed by atoms with Crippen LogP contribution in [0.1, 0.15) is 194 Å². The molecule has 4 unspecified atom stereocenters. The van der Waals surface area contributed by atoms with Gasteiger partial charge < -0.3 is 64.2 Å². The Morgan fingerprint density at radius 1 is 0.444 bits per heavy atom. The summed E-state index contributed by atoms with van der Waals surface area (Å²) in [4.78, 5) is 25.8. The van der Waals surface area contributed by atoms with Crippen LogP contribution < -0.4 is 0 Å². The van der Waals surface area contributed by atoms with E-state index < -0.39 is 99.3 Å². The van der Waals surface area contributed by atoms with Crippen LogP contribution in [-0.4, -0.2) is 142 Å². The first-order chi connectivity index (χ1) is 35.0. The van der Waals surface area contributed by atoms with Gasteiger partial charge in [-0.1, -0.05) is 177 Å². The van der Waals surface area contributed by atoms with Crippen molar-refractivity contribution in [1.29, 1.82) is 0 Å². The lowest BCUT2D eigenvalue weighted by Gasteiger charge is -2.42. The Bertz CT molecular complexity index is 1480. The number of carbonyl (C=O) groups excluding carboxylic acids is 2. The number of allylic oxidation sites excluding steroid dienone is 10. The molecule has 416 valence electrons. The Morgan fingerprint density at radius 3 is 1.38 bits per heavy atom. The predicted octanol–water partition coefficient (Wildman–Crippen LogP) is 8.83. The topological polar surface area (TPSA) is 231 Å². The Balaban J connectivity index is 1.81. The Hall–Kier alpha value is -2.80. The third kappa shape index (κ3) is 30.5. The van der Waals surface area contributed by atoms with E-state index in [4.69, 9.17) is 28.4 Å². The fourth-order valence-electron chi connectivity index (χ4n) is 8.40. The average molecular weight is 1020 g/mol. The molecule has 7 N–H and O–H groups in total. The summed E-state index contributed by atoms with van der Waals surface area (Å²) in [5.74, 6) is -1.05. The zero-order chi connectivity index (χ0) is 52.4.